The van der Waals surface area contributed by atoms with E-state index in [1.165, 1.54) is 11.8 Å². The minimum absolute atomic E-state index is 0.150. The summed E-state index contributed by atoms with van der Waals surface area (Å²) >= 11 is 7.27. The molecule has 7 nitrogen and oxygen atoms in total. The first-order chi connectivity index (χ1) is 17.0. The van der Waals surface area contributed by atoms with E-state index in [9.17, 15) is 9.59 Å². The van der Waals surface area contributed by atoms with Crippen molar-refractivity contribution >= 4 is 51.6 Å². The molecule has 35 heavy (non-hydrogen) atoms. The number of benzene rings is 3. The number of fused-ring (bicyclic) bond motifs is 1. The van der Waals surface area contributed by atoms with Gasteiger partial charge in [-0.15, -0.1) is 16.8 Å². The number of halogens is 1. The van der Waals surface area contributed by atoms with E-state index in [0.29, 0.717) is 28.1 Å². The number of carbonyl (C=O) groups excluding carboxylic acids is 2. The lowest BCUT2D eigenvalue weighted by molar-refractivity contribution is -0.113. The van der Waals surface area contributed by atoms with E-state index in [4.69, 9.17) is 11.6 Å². The summed E-state index contributed by atoms with van der Waals surface area (Å²) in [6.45, 7) is 6.07. The molecule has 1 heterocycles. The monoisotopic (exact) mass is 505 g/mol. The fourth-order valence-corrected chi connectivity index (χ4v) is 4.60. The van der Waals surface area contributed by atoms with Gasteiger partial charge in [-0.1, -0.05) is 71.9 Å². The van der Waals surface area contributed by atoms with Gasteiger partial charge in [0.1, 0.15) is 0 Å². The van der Waals surface area contributed by atoms with Crippen LogP contribution in [0.25, 0.3) is 10.8 Å². The SMILES string of the molecule is C=CCn1c(SCC(=O)Nc2cccc3ccccc23)nnc1C(C)NC(=O)c1cccc(Cl)c1. The van der Waals surface area contributed by atoms with Gasteiger partial charge < -0.3 is 15.2 Å². The lowest BCUT2D eigenvalue weighted by Gasteiger charge is -2.15. The van der Waals surface area contributed by atoms with E-state index in [2.05, 4.69) is 27.4 Å². The normalized spacial score (nSPS) is 11.7. The highest BCUT2D eigenvalue weighted by Crippen LogP contribution is 2.25. The van der Waals surface area contributed by atoms with Crippen molar-refractivity contribution < 1.29 is 9.59 Å². The molecule has 0 fully saturated rings. The maximum Gasteiger partial charge on any atom is 0.251 e. The highest BCUT2D eigenvalue weighted by atomic mass is 35.5. The molecule has 1 unspecified atom stereocenters. The average molecular weight is 506 g/mol. The number of aromatic nitrogens is 3. The third kappa shape index (κ3) is 5.90. The van der Waals surface area contributed by atoms with Crippen LogP contribution in [0.5, 0.6) is 0 Å². The second kappa shape index (κ2) is 11.2. The number of hydrogen-bond acceptors (Lipinski definition) is 5. The van der Waals surface area contributed by atoms with Crippen molar-refractivity contribution in [3.63, 3.8) is 0 Å². The number of amides is 2. The Hall–Kier alpha value is -3.62. The summed E-state index contributed by atoms with van der Waals surface area (Å²) in [4.78, 5) is 25.3. The fourth-order valence-electron chi connectivity index (χ4n) is 3.65. The molecular weight excluding hydrogens is 482 g/mol. The minimum Gasteiger partial charge on any atom is -0.342 e. The van der Waals surface area contributed by atoms with Crippen LogP contribution in [-0.4, -0.2) is 32.3 Å². The lowest BCUT2D eigenvalue weighted by atomic mass is 10.1. The fraction of sp³-hybridized carbons (Fsp3) is 0.154. The van der Waals surface area contributed by atoms with Crippen LogP contribution in [0.1, 0.15) is 29.1 Å². The van der Waals surface area contributed by atoms with Gasteiger partial charge in [0, 0.05) is 28.2 Å². The molecule has 4 aromatic rings. The second-order valence-corrected chi connectivity index (χ2v) is 9.19. The number of nitrogens with zero attached hydrogens (tertiary/aromatic N) is 3. The van der Waals surface area contributed by atoms with E-state index in [0.717, 1.165) is 16.5 Å². The van der Waals surface area contributed by atoms with Crippen molar-refractivity contribution in [3.8, 4) is 0 Å². The molecule has 3 aromatic carbocycles. The molecule has 1 aromatic heterocycles. The van der Waals surface area contributed by atoms with Crippen LogP contribution in [-0.2, 0) is 11.3 Å². The van der Waals surface area contributed by atoms with Crippen LogP contribution < -0.4 is 10.6 Å². The molecule has 2 amide bonds. The van der Waals surface area contributed by atoms with Gasteiger partial charge in [-0.3, -0.25) is 9.59 Å². The molecule has 0 radical (unpaired) electrons. The van der Waals surface area contributed by atoms with Crippen molar-refractivity contribution in [1.29, 1.82) is 0 Å². The number of thioether (sulfide) groups is 1. The van der Waals surface area contributed by atoms with Gasteiger partial charge in [0.25, 0.3) is 5.91 Å². The Balaban J connectivity index is 1.43. The Bertz CT molecular complexity index is 1380. The van der Waals surface area contributed by atoms with Crippen LogP contribution in [0, 0.1) is 0 Å². The molecule has 0 saturated carbocycles. The minimum atomic E-state index is -0.423. The quantitative estimate of drug-likeness (QED) is 0.232. The summed E-state index contributed by atoms with van der Waals surface area (Å²) in [5.41, 5.74) is 1.22. The number of nitrogens with one attached hydrogen (secondary N) is 2. The standard InChI is InChI=1S/C26H24ClN5O2S/c1-3-14-32-24(17(2)28-25(34)19-10-6-11-20(27)15-19)30-31-26(32)35-16-23(33)29-22-13-7-9-18-8-4-5-12-21(18)22/h3-13,15,17H,1,14,16H2,2H3,(H,28,34)(H,29,33). The smallest absolute Gasteiger partial charge is 0.251 e. The number of rotatable bonds is 9. The van der Waals surface area contributed by atoms with Crippen molar-refractivity contribution in [2.45, 2.75) is 24.7 Å². The number of carbonyl (C=O) groups is 2. The van der Waals surface area contributed by atoms with E-state index in [-0.39, 0.29) is 17.6 Å². The Morgan fingerprint density at radius 2 is 1.89 bits per heavy atom. The van der Waals surface area contributed by atoms with Gasteiger partial charge in [-0.2, -0.15) is 0 Å². The second-order valence-electron chi connectivity index (χ2n) is 7.81. The molecule has 0 saturated heterocycles. The summed E-state index contributed by atoms with van der Waals surface area (Å²) < 4.78 is 1.84. The molecule has 0 bridgehead atoms. The summed E-state index contributed by atoms with van der Waals surface area (Å²) in [5.74, 6) is 0.305. The highest BCUT2D eigenvalue weighted by molar-refractivity contribution is 7.99. The third-order valence-electron chi connectivity index (χ3n) is 5.27. The maximum atomic E-state index is 12.7. The topological polar surface area (TPSA) is 88.9 Å². The molecule has 2 N–H and O–H groups in total. The van der Waals surface area contributed by atoms with Crippen LogP contribution in [0.4, 0.5) is 5.69 Å². The maximum absolute atomic E-state index is 12.7. The van der Waals surface area contributed by atoms with Gasteiger partial charge in [0.05, 0.1) is 11.8 Å². The number of hydrogen-bond donors (Lipinski definition) is 2. The molecule has 0 aliphatic rings. The predicted molar refractivity (Wildman–Crippen MR) is 141 cm³/mol. The zero-order valence-electron chi connectivity index (χ0n) is 19.1. The summed E-state index contributed by atoms with van der Waals surface area (Å²) in [5, 5.41) is 17.5. The Kier molecular flexibility index (Phi) is 7.84. The van der Waals surface area contributed by atoms with Gasteiger partial charge in [0.15, 0.2) is 11.0 Å². The Morgan fingerprint density at radius 3 is 2.69 bits per heavy atom. The zero-order valence-corrected chi connectivity index (χ0v) is 20.6. The number of anilines is 1. The summed E-state index contributed by atoms with van der Waals surface area (Å²) in [7, 11) is 0. The third-order valence-corrected chi connectivity index (χ3v) is 6.48. The van der Waals surface area contributed by atoms with E-state index < -0.39 is 6.04 Å². The van der Waals surface area contributed by atoms with E-state index in [1.807, 2.05) is 54.0 Å². The predicted octanol–water partition coefficient (Wildman–Crippen LogP) is 5.49. The Morgan fingerprint density at radius 1 is 1.11 bits per heavy atom. The molecule has 4 rings (SSSR count). The van der Waals surface area contributed by atoms with Crippen LogP contribution in [0.3, 0.4) is 0 Å². The highest BCUT2D eigenvalue weighted by Gasteiger charge is 2.20. The van der Waals surface area contributed by atoms with E-state index >= 15 is 0 Å². The molecule has 178 valence electrons. The molecule has 9 heteroatoms. The molecule has 0 aliphatic carbocycles. The summed E-state index contributed by atoms with van der Waals surface area (Å²) in [6.07, 6.45) is 1.72. The zero-order chi connectivity index (χ0) is 24.8. The van der Waals surface area contributed by atoms with Crippen LogP contribution in [0.15, 0.2) is 84.5 Å². The van der Waals surface area contributed by atoms with Crippen LogP contribution in [0.2, 0.25) is 5.02 Å². The van der Waals surface area contributed by atoms with Crippen molar-refractivity contribution in [2.75, 3.05) is 11.1 Å². The van der Waals surface area contributed by atoms with Gasteiger partial charge in [0.2, 0.25) is 5.91 Å². The largest absolute Gasteiger partial charge is 0.342 e. The van der Waals surface area contributed by atoms with E-state index in [1.54, 1.807) is 30.3 Å². The van der Waals surface area contributed by atoms with Crippen molar-refractivity contribution in [2.24, 2.45) is 0 Å². The van der Waals surface area contributed by atoms with Crippen molar-refractivity contribution in [1.82, 2.24) is 20.1 Å². The molecule has 0 aliphatic heterocycles. The summed E-state index contributed by atoms with van der Waals surface area (Å²) in [6, 6.07) is 20.0. The van der Waals surface area contributed by atoms with Gasteiger partial charge >= 0.3 is 0 Å². The lowest BCUT2D eigenvalue weighted by Crippen LogP contribution is -2.28. The van der Waals surface area contributed by atoms with Gasteiger partial charge in [-0.25, -0.2) is 0 Å². The first-order valence-electron chi connectivity index (χ1n) is 11.0. The van der Waals surface area contributed by atoms with Crippen LogP contribution >= 0.6 is 23.4 Å². The Labute approximate surface area is 212 Å². The first kappa shape index (κ1) is 24.5. The molecule has 0 spiro atoms. The molecular formula is C26H24ClN5O2S. The average Bonchev–Trinajstić information content (AvgIpc) is 3.26. The van der Waals surface area contributed by atoms with Crippen molar-refractivity contribution in [3.05, 3.63) is 95.8 Å². The van der Waals surface area contributed by atoms with Gasteiger partial charge in [-0.05, 0) is 36.6 Å². The molecule has 1 atom stereocenters. The number of allylic oxidation sites excluding steroid dienone is 1. The first-order valence-corrected chi connectivity index (χ1v) is 12.3.